The van der Waals surface area contributed by atoms with Gasteiger partial charge in [0.25, 0.3) is 0 Å². The number of hydrogen-bond donors (Lipinski definition) is 2. The molecule has 0 atom stereocenters. The van der Waals surface area contributed by atoms with E-state index in [1.54, 1.807) is 0 Å². The summed E-state index contributed by atoms with van der Waals surface area (Å²) in [6.07, 6.45) is 2.33. The lowest BCUT2D eigenvalue weighted by atomic mass is 9.98. The molecule has 0 heterocycles. The van der Waals surface area contributed by atoms with Crippen molar-refractivity contribution in [1.29, 1.82) is 0 Å². The summed E-state index contributed by atoms with van der Waals surface area (Å²) < 4.78 is 16.2. The summed E-state index contributed by atoms with van der Waals surface area (Å²) in [5.41, 5.74) is 4.80. The minimum Gasteiger partial charge on any atom is -0.481 e. The third kappa shape index (κ3) is 7.07. The molecule has 0 saturated carbocycles. The number of ether oxygens (including phenoxy) is 3. The molecule has 0 aromatic heterocycles. The molecule has 1 amide bonds. The maximum atomic E-state index is 12.1. The largest absolute Gasteiger partial charge is 0.481 e. The zero-order valence-corrected chi connectivity index (χ0v) is 18.3. The Bertz CT molecular complexity index is 839. The summed E-state index contributed by atoms with van der Waals surface area (Å²) in [5, 5.41) is 11.2. The second-order valence-electron chi connectivity index (χ2n) is 7.68. The molecule has 7 nitrogen and oxygen atoms in total. The highest BCUT2D eigenvalue weighted by atomic mass is 16.5. The number of hydrogen-bond acceptors (Lipinski definition) is 5. The minimum absolute atomic E-state index is 0.0415. The Hall–Kier alpha value is -2.90. The molecule has 2 N–H and O–H groups in total. The van der Waals surface area contributed by atoms with Gasteiger partial charge in [-0.3, -0.25) is 4.79 Å². The Balaban J connectivity index is 1.24. The van der Waals surface area contributed by atoms with Gasteiger partial charge in [-0.2, -0.15) is 0 Å². The van der Waals surface area contributed by atoms with Crippen LogP contribution in [0, 0.1) is 0 Å². The Kier molecular flexibility index (Phi) is 9.53. The van der Waals surface area contributed by atoms with Crippen LogP contribution < -0.4 is 5.32 Å². The predicted octanol–water partition coefficient (Wildman–Crippen LogP) is 4.20. The molecule has 2 aromatic rings. The maximum Gasteiger partial charge on any atom is 0.407 e. The van der Waals surface area contributed by atoms with Crippen LogP contribution in [0.4, 0.5) is 4.79 Å². The number of carbonyl (C=O) groups is 2. The molecule has 3 rings (SSSR count). The van der Waals surface area contributed by atoms with E-state index < -0.39 is 12.1 Å². The van der Waals surface area contributed by atoms with E-state index in [0.29, 0.717) is 33.0 Å². The number of rotatable bonds is 14. The van der Waals surface area contributed by atoms with Gasteiger partial charge in [0.05, 0.1) is 19.6 Å². The Labute approximate surface area is 188 Å². The fourth-order valence-corrected chi connectivity index (χ4v) is 3.82. The van der Waals surface area contributed by atoms with Crippen molar-refractivity contribution < 1.29 is 28.9 Å². The molecule has 7 heteroatoms. The number of alkyl carbamates (subject to hydrolysis) is 1. The van der Waals surface area contributed by atoms with Gasteiger partial charge in [0.2, 0.25) is 0 Å². The van der Waals surface area contributed by atoms with Crippen LogP contribution in [0.5, 0.6) is 0 Å². The van der Waals surface area contributed by atoms with Crippen LogP contribution in [-0.4, -0.2) is 56.7 Å². The van der Waals surface area contributed by atoms with E-state index in [9.17, 15) is 9.59 Å². The standard InChI is InChI=1S/C25H31NO6/c27-24(28)12-16-30-14-6-1-7-15-31-17-13-26-25(29)32-18-23-21-10-4-2-8-19(21)20-9-3-5-11-22(20)23/h2-5,8-11,23H,1,6-7,12-18H2,(H,26,29)(H,27,28). The zero-order valence-electron chi connectivity index (χ0n) is 18.3. The molecule has 0 unspecified atom stereocenters. The van der Waals surface area contributed by atoms with Gasteiger partial charge in [0, 0.05) is 25.7 Å². The predicted molar refractivity (Wildman–Crippen MR) is 121 cm³/mol. The van der Waals surface area contributed by atoms with Crippen LogP contribution >= 0.6 is 0 Å². The molecule has 32 heavy (non-hydrogen) atoms. The van der Waals surface area contributed by atoms with Crippen LogP contribution in [0.2, 0.25) is 0 Å². The number of benzene rings is 2. The third-order valence-corrected chi connectivity index (χ3v) is 5.40. The van der Waals surface area contributed by atoms with Gasteiger partial charge in [0.15, 0.2) is 0 Å². The quantitative estimate of drug-likeness (QED) is 0.427. The highest BCUT2D eigenvalue weighted by molar-refractivity contribution is 5.79. The molecular formula is C25H31NO6. The summed E-state index contributed by atoms with van der Waals surface area (Å²) in [6, 6.07) is 16.5. The number of carboxylic acid groups (broad SMARTS) is 1. The second-order valence-corrected chi connectivity index (χ2v) is 7.68. The second kappa shape index (κ2) is 12.8. The van der Waals surface area contributed by atoms with Crippen molar-refractivity contribution in [2.45, 2.75) is 31.6 Å². The van der Waals surface area contributed by atoms with Crippen molar-refractivity contribution in [3.63, 3.8) is 0 Å². The molecule has 0 spiro atoms. The van der Waals surface area contributed by atoms with E-state index in [4.69, 9.17) is 19.3 Å². The van der Waals surface area contributed by atoms with Gasteiger partial charge in [-0.1, -0.05) is 48.5 Å². The monoisotopic (exact) mass is 441 g/mol. The first-order valence-electron chi connectivity index (χ1n) is 11.1. The molecule has 1 aliphatic carbocycles. The number of carboxylic acids is 1. The average Bonchev–Trinajstić information content (AvgIpc) is 3.12. The maximum absolute atomic E-state index is 12.1. The van der Waals surface area contributed by atoms with E-state index >= 15 is 0 Å². The van der Waals surface area contributed by atoms with Crippen LogP contribution in [-0.2, 0) is 19.0 Å². The molecule has 172 valence electrons. The first-order chi connectivity index (χ1) is 15.7. The van der Waals surface area contributed by atoms with Crippen LogP contribution in [0.15, 0.2) is 48.5 Å². The normalized spacial score (nSPS) is 12.2. The summed E-state index contributed by atoms with van der Waals surface area (Å²) >= 11 is 0. The van der Waals surface area contributed by atoms with Crippen molar-refractivity contribution in [3.05, 3.63) is 59.7 Å². The van der Waals surface area contributed by atoms with Crippen LogP contribution in [0.1, 0.15) is 42.7 Å². The SMILES string of the molecule is O=C(O)CCOCCCCCOCCNC(=O)OCC1c2ccccc2-c2ccccc21. The molecule has 0 saturated heterocycles. The summed E-state index contributed by atoms with van der Waals surface area (Å²) in [7, 11) is 0. The number of amides is 1. The van der Waals surface area contributed by atoms with E-state index in [-0.39, 0.29) is 18.9 Å². The number of nitrogens with one attached hydrogen (secondary N) is 1. The lowest BCUT2D eigenvalue weighted by molar-refractivity contribution is -0.138. The zero-order chi connectivity index (χ0) is 22.6. The van der Waals surface area contributed by atoms with Crippen LogP contribution in [0.25, 0.3) is 11.1 Å². The molecule has 0 fully saturated rings. The number of unbranched alkanes of at least 4 members (excludes halogenated alkanes) is 2. The summed E-state index contributed by atoms with van der Waals surface area (Å²) in [4.78, 5) is 22.4. The third-order valence-electron chi connectivity index (χ3n) is 5.40. The minimum atomic E-state index is -0.843. The number of aliphatic carboxylic acids is 1. The van der Waals surface area contributed by atoms with Crippen molar-refractivity contribution in [1.82, 2.24) is 5.32 Å². The lowest BCUT2D eigenvalue weighted by Crippen LogP contribution is -2.29. The molecule has 2 aromatic carbocycles. The van der Waals surface area contributed by atoms with E-state index in [1.165, 1.54) is 22.3 Å². The Morgan fingerprint density at radius 3 is 2.03 bits per heavy atom. The van der Waals surface area contributed by atoms with E-state index in [2.05, 4.69) is 29.6 Å². The van der Waals surface area contributed by atoms with Crippen molar-refractivity contribution in [2.24, 2.45) is 0 Å². The van der Waals surface area contributed by atoms with E-state index in [1.807, 2.05) is 24.3 Å². The fourth-order valence-electron chi connectivity index (χ4n) is 3.82. The molecule has 0 aliphatic heterocycles. The first kappa shape index (κ1) is 23.8. The summed E-state index contributed by atoms with van der Waals surface area (Å²) in [5.74, 6) is -0.789. The number of carbonyl (C=O) groups excluding carboxylic acids is 1. The van der Waals surface area contributed by atoms with Gasteiger partial charge < -0.3 is 24.6 Å². The average molecular weight is 442 g/mol. The highest BCUT2D eigenvalue weighted by Crippen LogP contribution is 2.44. The van der Waals surface area contributed by atoms with Gasteiger partial charge in [-0.15, -0.1) is 0 Å². The lowest BCUT2D eigenvalue weighted by Gasteiger charge is -2.14. The number of fused-ring (bicyclic) bond motifs is 3. The fraction of sp³-hybridized carbons (Fsp3) is 0.440. The Morgan fingerprint density at radius 1 is 0.812 bits per heavy atom. The molecule has 0 radical (unpaired) electrons. The highest BCUT2D eigenvalue weighted by Gasteiger charge is 2.28. The van der Waals surface area contributed by atoms with Crippen molar-refractivity contribution in [3.8, 4) is 11.1 Å². The van der Waals surface area contributed by atoms with Crippen LogP contribution in [0.3, 0.4) is 0 Å². The summed E-state index contributed by atoms with van der Waals surface area (Å²) in [6.45, 7) is 2.56. The molecular weight excluding hydrogens is 410 g/mol. The van der Waals surface area contributed by atoms with Gasteiger partial charge in [-0.05, 0) is 41.5 Å². The molecule has 1 aliphatic rings. The van der Waals surface area contributed by atoms with Gasteiger partial charge in [0.1, 0.15) is 6.61 Å². The first-order valence-corrected chi connectivity index (χ1v) is 11.1. The van der Waals surface area contributed by atoms with Crippen molar-refractivity contribution >= 4 is 12.1 Å². The van der Waals surface area contributed by atoms with Gasteiger partial charge >= 0.3 is 12.1 Å². The Morgan fingerprint density at radius 2 is 1.41 bits per heavy atom. The molecule has 0 bridgehead atoms. The van der Waals surface area contributed by atoms with Gasteiger partial charge in [-0.25, -0.2) is 4.79 Å². The van der Waals surface area contributed by atoms with E-state index in [0.717, 1.165) is 19.3 Å². The smallest absolute Gasteiger partial charge is 0.407 e. The van der Waals surface area contributed by atoms with Crippen molar-refractivity contribution in [2.75, 3.05) is 39.6 Å². The topological polar surface area (TPSA) is 94.1 Å².